The first-order valence-corrected chi connectivity index (χ1v) is 13.9. The number of imidazole rings is 1. The molecule has 3 aliphatic carbocycles. The second-order valence-electron chi connectivity index (χ2n) is 12.4. The van der Waals surface area contributed by atoms with Gasteiger partial charge in [-0.3, -0.25) is 14.2 Å². The van der Waals surface area contributed by atoms with Gasteiger partial charge in [-0.25, -0.2) is 9.97 Å². The molecular formula is C29H33N5O2. The third-order valence-electron chi connectivity index (χ3n) is 11.0. The monoisotopic (exact) mass is 483 g/mol. The number of phenolic OH excluding ortho intramolecular Hbond substituents is 1. The number of fused-ring (bicyclic) bond motifs is 4. The molecule has 4 bridgehead atoms. The van der Waals surface area contributed by atoms with Crippen LogP contribution in [0.25, 0.3) is 5.78 Å². The van der Waals surface area contributed by atoms with Crippen molar-refractivity contribution in [3.8, 4) is 11.5 Å². The first kappa shape index (κ1) is 20.4. The van der Waals surface area contributed by atoms with Gasteiger partial charge in [-0.15, -0.1) is 0 Å². The maximum atomic E-state index is 11.0. The number of ether oxygens (including phenoxy) is 1. The Morgan fingerprint density at radius 1 is 1.06 bits per heavy atom. The van der Waals surface area contributed by atoms with Crippen molar-refractivity contribution in [3.05, 3.63) is 53.6 Å². The lowest BCUT2D eigenvalue weighted by atomic mass is 9.42. The zero-order valence-corrected chi connectivity index (χ0v) is 20.6. The van der Waals surface area contributed by atoms with Crippen molar-refractivity contribution in [3.63, 3.8) is 0 Å². The lowest BCUT2D eigenvalue weighted by Gasteiger charge is -2.66. The molecule has 186 valence electrons. The van der Waals surface area contributed by atoms with E-state index in [2.05, 4.69) is 36.4 Å². The molecule has 7 aliphatic rings. The standard InChI is InChI=1S/C29H33N5O2/c35-22-5-4-19-14-23-28-7-6-21(32(12-8-28)17-20-15-31-27-30-10-1-11-34(20)27)26-29(28,24(19)25(22)36-26)9-13-33(23)16-18-2-3-18/h1,4-5,10-11,15,18,21,23,26,35H,2-3,6-9,12-14,16-17H2/t21-,23-,26+,28-,29+/m1/s1. The van der Waals surface area contributed by atoms with Crippen molar-refractivity contribution in [2.45, 2.75) is 75.1 Å². The van der Waals surface area contributed by atoms with Crippen molar-refractivity contribution in [2.24, 2.45) is 11.3 Å². The van der Waals surface area contributed by atoms with Crippen LogP contribution in [0, 0.1) is 11.3 Å². The Morgan fingerprint density at radius 2 is 1.97 bits per heavy atom. The molecule has 0 radical (unpaired) electrons. The van der Waals surface area contributed by atoms with Crippen LogP contribution in [-0.2, 0) is 18.4 Å². The van der Waals surface area contributed by atoms with Crippen LogP contribution in [0.1, 0.15) is 55.3 Å². The molecule has 1 N–H and O–H groups in total. The number of nitrogens with zero attached hydrogens (tertiary/aromatic N) is 5. The molecule has 2 aromatic heterocycles. The Bertz CT molecular complexity index is 1400. The number of aromatic nitrogens is 3. The topological polar surface area (TPSA) is 66.1 Å². The molecule has 0 amide bonds. The van der Waals surface area contributed by atoms with E-state index >= 15 is 0 Å². The molecule has 10 rings (SSSR count). The van der Waals surface area contributed by atoms with Crippen LogP contribution in [0.15, 0.2) is 36.8 Å². The molecule has 4 aliphatic heterocycles. The smallest absolute Gasteiger partial charge is 0.233 e. The minimum Gasteiger partial charge on any atom is -0.504 e. The summed E-state index contributed by atoms with van der Waals surface area (Å²) in [7, 11) is 0. The van der Waals surface area contributed by atoms with Crippen LogP contribution in [-0.4, -0.2) is 67.1 Å². The molecule has 6 heterocycles. The highest BCUT2D eigenvalue weighted by Gasteiger charge is 2.74. The highest BCUT2D eigenvalue weighted by atomic mass is 16.5. The van der Waals surface area contributed by atoms with Gasteiger partial charge in [0, 0.05) is 54.0 Å². The van der Waals surface area contributed by atoms with E-state index < -0.39 is 0 Å². The SMILES string of the molecule is Oc1ccc2c3c1O[C@H]1[C@H]4CC[C@@]5(CCN4Cc4cnc6ncccn46)[C@@H](C2)N(CC2CC2)CC[C@]315. The highest BCUT2D eigenvalue weighted by Crippen LogP contribution is 2.71. The largest absolute Gasteiger partial charge is 0.504 e. The average molecular weight is 484 g/mol. The summed E-state index contributed by atoms with van der Waals surface area (Å²) in [6.07, 6.45) is 14.7. The third kappa shape index (κ3) is 2.37. The zero-order valence-electron chi connectivity index (χ0n) is 20.6. The number of benzene rings is 1. The van der Waals surface area contributed by atoms with Gasteiger partial charge in [-0.1, -0.05) is 6.07 Å². The Hall–Kier alpha value is -2.64. The minimum absolute atomic E-state index is 0.0259. The molecule has 2 spiro atoms. The number of likely N-dealkylation sites (tertiary alicyclic amines) is 1. The molecule has 3 aromatic rings. The second-order valence-corrected chi connectivity index (χ2v) is 12.4. The molecule has 2 saturated carbocycles. The quantitative estimate of drug-likeness (QED) is 0.613. The lowest BCUT2D eigenvalue weighted by Crippen LogP contribution is -2.72. The van der Waals surface area contributed by atoms with Crippen molar-refractivity contribution in [1.82, 2.24) is 24.2 Å². The van der Waals surface area contributed by atoms with E-state index in [1.165, 1.54) is 62.0 Å². The van der Waals surface area contributed by atoms with E-state index in [9.17, 15) is 5.11 Å². The predicted octanol–water partition coefficient (Wildman–Crippen LogP) is 3.53. The summed E-state index contributed by atoms with van der Waals surface area (Å²) in [6, 6.07) is 7.01. The maximum Gasteiger partial charge on any atom is 0.233 e. The molecule has 7 nitrogen and oxygen atoms in total. The van der Waals surface area contributed by atoms with Crippen LogP contribution in [0.3, 0.4) is 0 Å². The summed E-state index contributed by atoms with van der Waals surface area (Å²) < 4.78 is 9.07. The highest BCUT2D eigenvalue weighted by molar-refractivity contribution is 5.62. The first-order chi connectivity index (χ1) is 17.7. The Morgan fingerprint density at radius 3 is 2.89 bits per heavy atom. The minimum atomic E-state index is 0.0259. The van der Waals surface area contributed by atoms with Crippen molar-refractivity contribution < 1.29 is 9.84 Å². The summed E-state index contributed by atoms with van der Waals surface area (Å²) in [5.41, 5.74) is 4.27. The van der Waals surface area contributed by atoms with Gasteiger partial charge in [0.2, 0.25) is 5.78 Å². The van der Waals surface area contributed by atoms with E-state index in [0.29, 0.717) is 17.8 Å². The second kappa shape index (κ2) is 6.81. The molecule has 7 heteroatoms. The van der Waals surface area contributed by atoms with E-state index in [4.69, 9.17) is 4.74 Å². The summed E-state index contributed by atoms with van der Waals surface area (Å²) >= 11 is 0. The van der Waals surface area contributed by atoms with Gasteiger partial charge in [-0.05, 0) is 81.6 Å². The number of aromatic hydroxyl groups is 1. The van der Waals surface area contributed by atoms with Crippen LogP contribution < -0.4 is 4.74 Å². The number of piperidine rings is 1. The fourth-order valence-corrected chi connectivity index (χ4v) is 9.46. The molecule has 1 aromatic carbocycles. The Balaban J connectivity index is 1.18. The van der Waals surface area contributed by atoms with E-state index in [1.807, 2.05) is 24.5 Å². The van der Waals surface area contributed by atoms with Gasteiger partial charge in [0.15, 0.2) is 11.5 Å². The number of phenols is 1. The van der Waals surface area contributed by atoms with Crippen LogP contribution in [0.2, 0.25) is 0 Å². The fraction of sp³-hybridized carbons (Fsp3) is 0.586. The van der Waals surface area contributed by atoms with Gasteiger partial charge in [0.25, 0.3) is 0 Å². The first-order valence-electron chi connectivity index (χ1n) is 13.9. The van der Waals surface area contributed by atoms with E-state index in [1.54, 1.807) is 0 Å². The van der Waals surface area contributed by atoms with E-state index in [0.717, 1.165) is 43.4 Å². The molecule has 0 unspecified atom stereocenters. The van der Waals surface area contributed by atoms with Gasteiger partial charge < -0.3 is 9.84 Å². The molecule has 5 fully saturated rings. The molecular weight excluding hydrogens is 450 g/mol. The average Bonchev–Trinajstić information content (AvgIpc) is 3.58. The molecule has 36 heavy (non-hydrogen) atoms. The van der Waals surface area contributed by atoms with Crippen LogP contribution in [0.4, 0.5) is 0 Å². The third-order valence-corrected chi connectivity index (χ3v) is 11.0. The van der Waals surface area contributed by atoms with Crippen molar-refractivity contribution in [1.29, 1.82) is 0 Å². The van der Waals surface area contributed by atoms with E-state index in [-0.39, 0.29) is 16.9 Å². The summed E-state index contributed by atoms with van der Waals surface area (Å²) in [5, 5.41) is 11.0. The Labute approximate surface area is 211 Å². The summed E-state index contributed by atoms with van der Waals surface area (Å²) in [4.78, 5) is 14.6. The zero-order chi connectivity index (χ0) is 23.6. The fourth-order valence-electron chi connectivity index (χ4n) is 9.46. The number of rotatable bonds is 4. The number of hydrogen-bond donors (Lipinski definition) is 1. The van der Waals surface area contributed by atoms with Crippen LogP contribution in [0.5, 0.6) is 11.5 Å². The van der Waals surface area contributed by atoms with Crippen LogP contribution >= 0.6 is 0 Å². The maximum absolute atomic E-state index is 11.0. The normalized spacial score (nSPS) is 36.6. The van der Waals surface area contributed by atoms with Gasteiger partial charge in [-0.2, -0.15) is 0 Å². The van der Waals surface area contributed by atoms with Crippen molar-refractivity contribution >= 4 is 5.78 Å². The summed E-state index contributed by atoms with van der Waals surface area (Å²) in [5.74, 6) is 2.82. The van der Waals surface area contributed by atoms with Gasteiger partial charge in [0.1, 0.15) is 6.10 Å². The number of hydrogen-bond acceptors (Lipinski definition) is 6. The molecule has 3 saturated heterocycles. The Kier molecular flexibility index (Phi) is 3.86. The predicted molar refractivity (Wildman–Crippen MR) is 134 cm³/mol. The van der Waals surface area contributed by atoms with Gasteiger partial charge in [0.05, 0.1) is 11.9 Å². The van der Waals surface area contributed by atoms with Crippen molar-refractivity contribution in [2.75, 3.05) is 19.6 Å². The lowest BCUT2D eigenvalue weighted by molar-refractivity contribution is -0.131. The summed E-state index contributed by atoms with van der Waals surface area (Å²) in [6.45, 7) is 4.39. The van der Waals surface area contributed by atoms with Gasteiger partial charge >= 0.3 is 0 Å². The molecule has 5 atom stereocenters.